The quantitative estimate of drug-likeness (QED) is 0.196. The molecule has 2 aromatic heterocycles. The highest BCUT2D eigenvalue weighted by Gasteiger charge is 2.19. The Kier molecular flexibility index (Phi) is 6.99. The normalized spacial score (nSPS) is 11.7. The van der Waals surface area contributed by atoms with E-state index in [1.807, 2.05) is 24.4 Å². The molecule has 8 aromatic rings. The SMILES string of the molecule is CC(C)(C)c1ccc2c(c1)c(-c1ccc(-c3ccc(-c4ccccc4)cc3)cc1)cc1nn(-c3cccc(-c4cccnc4)c3)nc12. The molecule has 0 radical (unpaired) electrons. The molecule has 8 rings (SSSR count). The first-order chi connectivity index (χ1) is 22.9. The van der Waals surface area contributed by atoms with E-state index in [0.29, 0.717) is 0 Å². The fraction of sp³-hybridized carbons (Fsp3) is 0.0930. The van der Waals surface area contributed by atoms with Crippen LogP contribution in [0.2, 0.25) is 0 Å². The molecule has 0 N–H and O–H groups in total. The lowest BCUT2D eigenvalue weighted by molar-refractivity contribution is 0.591. The Hall–Kier alpha value is -5.87. The molecule has 6 aromatic carbocycles. The van der Waals surface area contributed by atoms with E-state index in [1.165, 1.54) is 33.2 Å². The van der Waals surface area contributed by atoms with Crippen LogP contribution >= 0.6 is 0 Å². The van der Waals surface area contributed by atoms with Gasteiger partial charge in [-0.1, -0.05) is 130 Å². The highest BCUT2D eigenvalue weighted by molar-refractivity contribution is 6.11. The van der Waals surface area contributed by atoms with Crippen LogP contribution < -0.4 is 0 Å². The molecule has 0 saturated heterocycles. The lowest BCUT2D eigenvalue weighted by Gasteiger charge is -2.20. The van der Waals surface area contributed by atoms with Crippen LogP contribution in [0.15, 0.2) is 152 Å². The summed E-state index contributed by atoms with van der Waals surface area (Å²) in [6.45, 7) is 6.78. The van der Waals surface area contributed by atoms with Crippen molar-refractivity contribution < 1.29 is 0 Å². The minimum absolute atomic E-state index is 0.0144. The molecular formula is C43H34N4. The number of nitrogens with zero attached hydrogens (tertiary/aromatic N) is 4. The Bertz CT molecular complexity index is 2350. The summed E-state index contributed by atoms with van der Waals surface area (Å²) in [5.74, 6) is 0. The van der Waals surface area contributed by atoms with E-state index in [9.17, 15) is 0 Å². The molecule has 0 aliphatic carbocycles. The molecule has 47 heavy (non-hydrogen) atoms. The Balaban J connectivity index is 1.21. The number of fused-ring (bicyclic) bond motifs is 3. The number of benzene rings is 6. The summed E-state index contributed by atoms with van der Waals surface area (Å²) in [6.07, 6.45) is 3.67. The highest BCUT2D eigenvalue weighted by atomic mass is 15.5. The van der Waals surface area contributed by atoms with Crippen molar-refractivity contribution in [3.63, 3.8) is 0 Å². The monoisotopic (exact) mass is 606 g/mol. The summed E-state index contributed by atoms with van der Waals surface area (Å²) < 4.78 is 0. The van der Waals surface area contributed by atoms with E-state index in [4.69, 9.17) is 10.2 Å². The smallest absolute Gasteiger partial charge is 0.121 e. The van der Waals surface area contributed by atoms with Gasteiger partial charge < -0.3 is 0 Å². The summed E-state index contributed by atoms with van der Waals surface area (Å²) in [7, 11) is 0. The molecule has 0 fully saturated rings. The van der Waals surface area contributed by atoms with Gasteiger partial charge in [0.05, 0.1) is 5.69 Å². The Labute approximate surface area is 275 Å². The number of rotatable bonds is 5. The fourth-order valence-corrected chi connectivity index (χ4v) is 6.29. The van der Waals surface area contributed by atoms with Crippen LogP contribution in [0.3, 0.4) is 0 Å². The first-order valence-electron chi connectivity index (χ1n) is 16.0. The predicted octanol–water partition coefficient (Wildman–Crippen LogP) is 10.9. The maximum Gasteiger partial charge on any atom is 0.121 e. The molecule has 0 unspecified atom stereocenters. The summed E-state index contributed by atoms with van der Waals surface area (Å²) in [5, 5.41) is 12.3. The third-order valence-electron chi connectivity index (χ3n) is 8.94. The van der Waals surface area contributed by atoms with Crippen molar-refractivity contribution in [1.82, 2.24) is 20.0 Å². The molecule has 0 saturated carbocycles. The van der Waals surface area contributed by atoms with Crippen molar-refractivity contribution in [1.29, 1.82) is 0 Å². The summed E-state index contributed by atoms with van der Waals surface area (Å²) in [4.78, 5) is 6.05. The molecule has 4 nitrogen and oxygen atoms in total. The molecule has 0 aliphatic heterocycles. The maximum absolute atomic E-state index is 5.05. The van der Waals surface area contributed by atoms with Gasteiger partial charge in [0.15, 0.2) is 0 Å². The second-order valence-corrected chi connectivity index (χ2v) is 13.1. The van der Waals surface area contributed by atoms with E-state index >= 15 is 0 Å². The average molecular weight is 607 g/mol. The molecule has 0 bridgehead atoms. The Morgan fingerprint density at radius 3 is 1.79 bits per heavy atom. The van der Waals surface area contributed by atoms with Gasteiger partial charge in [-0.25, -0.2) is 0 Å². The first-order valence-corrected chi connectivity index (χ1v) is 16.0. The summed E-state index contributed by atoms with van der Waals surface area (Å²) in [6, 6.07) is 49.5. The number of hydrogen-bond donors (Lipinski definition) is 0. The minimum Gasteiger partial charge on any atom is -0.264 e. The third kappa shape index (κ3) is 5.49. The number of aromatic nitrogens is 4. The van der Waals surface area contributed by atoms with Crippen LogP contribution in [0.25, 0.3) is 72.0 Å². The summed E-state index contributed by atoms with van der Waals surface area (Å²) in [5.41, 5.74) is 13.2. The van der Waals surface area contributed by atoms with E-state index in [2.05, 4.69) is 147 Å². The standard InChI is InChI=1S/C43H34N4/c1-43(2,3)36-22-23-38-40(26-36)39(33-20-18-32(19-21-33)31-16-14-30(15-17-31)29-9-5-4-6-10-29)27-41-42(38)46-47(45-41)37-13-7-11-34(25-37)35-12-8-24-44-28-35/h4-28H,1-3H3. The van der Waals surface area contributed by atoms with Crippen LogP contribution in [0.4, 0.5) is 0 Å². The third-order valence-corrected chi connectivity index (χ3v) is 8.94. The first kappa shape index (κ1) is 28.6. The fourth-order valence-electron chi connectivity index (χ4n) is 6.29. The second kappa shape index (κ2) is 11.5. The van der Waals surface area contributed by atoms with Gasteiger partial charge >= 0.3 is 0 Å². The largest absolute Gasteiger partial charge is 0.264 e. The van der Waals surface area contributed by atoms with Crippen LogP contribution in [0, 0.1) is 0 Å². The lowest BCUT2D eigenvalue weighted by atomic mass is 9.84. The highest BCUT2D eigenvalue weighted by Crippen LogP contribution is 2.38. The number of pyridine rings is 1. The number of hydrogen-bond acceptors (Lipinski definition) is 3. The molecule has 0 atom stereocenters. The zero-order valence-corrected chi connectivity index (χ0v) is 26.7. The minimum atomic E-state index is 0.0144. The summed E-state index contributed by atoms with van der Waals surface area (Å²) >= 11 is 0. The molecule has 4 heteroatoms. The van der Waals surface area contributed by atoms with Crippen molar-refractivity contribution in [2.24, 2.45) is 0 Å². The van der Waals surface area contributed by atoms with Crippen molar-refractivity contribution in [2.45, 2.75) is 26.2 Å². The molecule has 226 valence electrons. The van der Waals surface area contributed by atoms with Gasteiger partial charge in [0.1, 0.15) is 11.0 Å². The van der Waals surface area contributed by atoms with Gasteiger partial charge in [-0.15, -0.1) is 10.2 Å². The average Bonchev–Trinajstić information content (AvgIpc) is 3.56. The lowest BCUT2D eigenvalue weighted by Crippen LogP contribution is -2.10. The van der Waals surface area contributed by atoms with Crippen LogP contribution in [-0.4, -0.2) is 20.0 Å². The van der Waals surface area contributed by atoms with Crippen LogP contribution in [0.1, 0.15) is 26.3 Å². The van der Waals surface area contributed by atoms with Crippen molar-refractivity contribution in [3.8, 4) is 50.2 Å². The van der Waals surface area contributed by atoms with Gasteiger partial charge in [0.25, 0.3) is 0 Å². The Morgan fingerprint density at radius 2 is 1.13 bits per heavy atom. The van der Waals surface area contributed by atoms with E-state index in [1.54, 1.807) is 11.0 Å². The molecule has 2 heterocycles. The van der Waals surface area contributed by atoms with Crippen LogP contribution in [-0.2, 0) is 5.41 Å². The van der Waals surface area contributed by atoms with Crippen LogP contribution in [0.5, 0.6) is 0 Å². The molecule has 0 aliphatic rings. The zero-order valence-electron chi connectivity index (χ0n) is 26.7. The van der Waals surface area contributed by atoms with Crippen molar-refractivity contribution >= 4 is 21.8 Å². The van der Waals surface area contributed by atoms with Gasteiger partial charge in [0.2, 0.25) is 0 Å². The molecule has 0 amide bonds. The maximum atomic E-state index is 5.05. The molecule has 0 spiro atoms. The zero-order chi connectivity index (χ0) is 32.0. The topological polar surface area (TPSA) is 43.6 Å². The Morgan fingerprint density at radius 1 is 0.489 bits per heavy atom. The van der Waals surface area contributed by atoms with Gasteiger partial charge in [0, 0.05) is 23.3 Å². The van der Waals surface area contributed by atoms with E-state index in [0.717, 1.165) is 44.4 Å². The van der Waals surface area contributed by atoms with Gasteiger partial charge in [-0.2, -0.15) is 4.80 Å². The van der Waals surface area contributed by atoms with Crippen molar-refractivity contribution in [2.75, 3.05) is 0 Å². The van der Waals surface area contributed by atoms with E-state index in [-0.39, 0.29) is 5.41 Å². The second-order valence-electron chi connectivity index (χ2n) is 13.1. The van der Waals surface area contributed by atoms with Gasteiger partial charge in [-0.3, -0.25) is 4.98 Å². The van der Waals surface area contributed by atoms with Crippen molar-refractivity contribution in [3.05, 3.63) is 157 Å². The predicted molar refractivity (Wildman–Crippen MR) is 195 cm³/mol. The molecular weight excluding hydrogens is 573 g/mol. The van der Waals surface area contributed by atoms with Gasteiger partial charge in [-0.05, 0) is 85.6 Å². The van der Waals surface area contributed by atoms with E-state index < -0.39 is 0 Å².